The van der Waals surface area contributed by atoms with Crippen molar-refractivity contribution in [1.29, 1.82) is 0 Å². The number of hydrogen-bond donors (Lipinski definition) is 3. The normalized spacial score (nSPS) is 18.6. The zero-order valence-electron chi connectivity index (χ0n) is 9.71. The van der Waals surface area contributed by atoms with E-state index < -0.39 is 6.23 Å². The van der Waals surface area contributed by atoms with Crippen LogP contribution in [-0.2, 0) is 0 Å². The van der Waals surface area contributed by atoms with Crippen LogP contribution in [0.25, 0.3) is 16.6 Å². The molecule has 92 valence electrons. The molecule has 18 heavy (non-hydrogen) atoms. The molecule has 6 nitrogen and oxygen atoms in total. The van der Waals surface area contributed by atoms with Gasteiger partial charge in [-0.25, -0.2) is 4.98 Å². The molecule has 0 amide bonds. The maximum absolute atomic E-state index is 9.28. The number of ether oxygens (including phenoxy) is 1. The highest BCUT2D eigenvalue weighted by Gasteiger charge is 2.14. The van der Waals surface area contributed by atoms with Crippen LogP contribution in [0, 0.1) is 0 Å². The monoisotopic (exact) mass is 244 g/mol. The van der Waals surface area contributed by atoms with E-state index in [1.165, 1.54) is 6.21 Å². The third-order valence-electron chi connectivity index (χ3n) is 2.77. The number of aliphatic imine (C=N–C) groups is 1. The van der Waals surface area contributed by atoms with Crippen LogP contribution in [0.1, 0.15) is 5.69 Å². The molecule has 1 atom stereocenters. The molecule has 3 N–H and O–H groups in total. The van der Waals surface area contributed by atoms with Crippen LogP contribution in [-0.4, -0.2) is 34.6 Å². The van der Waals surface area contributed by atoms with Gasteiger partial charge in [-0.05, 0) is 6.07 Å². The van der Waals surface area contributed by atoms with E-state index in [2.05, 4.69) is 20.3 Å². The maximum atomic E-state index is 9.28. The average molecular weight is 244 g/mol. The third-order valence-corrected chi connectivity index (χ3v) is 2.77. The van der Waals surface area contributed by atoms with Crippen molar-refractivity contribution < 1.29 is 9.84 Å². The van der Waals surface area contributed by atoms with Crippen molar-refractivity contribution in [3.63, 3.8) is 0 Å². The van der Waals surface area contributed by atoms with Crippen molar-refractivity contribution in [2.45, 2.75) is 6.23 Å². The first-order chi connectivity index (χ1) is 8.79. The highest BCUT2D eigenvalue weighted by molar-refractivity contribution is 5.94. The molecule has 0 fully saturated rings. The quantitative estimate of drug-likeness (QED) is 0.731. The van der Waals surface area contributed by atoms with Crippen LogP contribution in [0.5, 0.6) is 5.75 Å². The molecule has 2 aromatic rings. The van der Waals surface area contributed by atoms with Crippen LogP contribution in [0.2, 0.25) is 0 Å². The van der Waals surface area contributed by atoms with E-state index in [0.717, 1.165) is 10.9 Å². The summed E-state index contributed by atoms with van der Waals surface area (Å²) in [4.78, 5) is 11.6. The van der Waals surface area contributed by atoms with Gasteiger partial charge in [-0.15, -0.1) is 0 Å². The number of hydrogen-bond acceptors (Lipinski definition) is 5. The van der Waals surface area contributed by atoms with Gasteiger partial charge in [0.1, 0.15) is 17.1 Å². The number of nitrogens with zero attached hydrogens (tertiary/aromatic N) is 2. The SMILES string of the molecule is COc1cnc(C2=CNC(O)C=N2)c2[nH]ccc12. The number of rotatable bonds is 2. The van der Waals surface area contributed by atoms with E-state index in [9.17, 15) is 5.11 Å². The Morgan fingerprint density at radius 1 is 1.44 bits per heavy atom. The summed E-state index contributed by atoms with van der Waals surface area (Å²) in [5.41, 5.74) is 2.23. The van der Waals surface area contributed by atoms with Gasteiger partial charge in [0.05, 0.1) is 25.0 Å². The molecule has 3 heterocycles. The molecule has 0 aliphatic carbocycles. The van der Waals surface area contributed by atoms with Crippen molar-refractivity contribution in [2.24, 2.45) is 4.99 Å². The number of nitrogens with one attached hydrogen (secondary N) is 2. The van der Waals surface area contributed by atoms with Crippen LogP contribution in [0.4, 0.5) is 0 Å². The molecule has 2 aromatic heterocycles. The topological polar surface area (TPSA) is 82.5 Å². The van der Waals surface area contributed by atoms with Gasteiger partial charge >= 0.3 is 0 Å². The molecule has 1 unspecified atom stereocenters. The lowest BCUT2D eigenvalue weighted by atomic mass is 10.2. The molecule has 3 rings (SSSR count). The van der Waals surface area contributed by atoms with Crippen molar-refractivity contribution in [2.75, 3.05) is 7.11 Å². The Kier molecular flexibility index (Phi) is 2.49. The smallest absolute Gasteiger partial charge is 0.160 e. The average Bonchev–Trinajstić information content (AvgIpc) is 2.88. The van der Waals surface area contributed by atoms with Gasteiger partial charge in [-0.1, -0.05) is 0 Å². The van der Waals surface area contributed by atoms with Gasteiger partial charge in [0.2, 0.25) is 0 Å². The number of aromatic nitrogens is 2. The second-order valence-electron chi connectivity index (χ2n) is 3.86. The fourth-order valence-corrected chi connectivity index (χ4v) is 1.91. The summed E-state index contributed by atoms with van der Waals surface area (Å²) in [6.07, 6.45) is 5.81. The molecule has 0 saturated heterocycles. The van der Waals surface area contributed by atoms with Gasteiger partial charge in [-0.3, -0.25) is 4.99 Å². The van der Waals surface area contributed by atoms with Crippen LogP contribution < -0.4 is 10.1 Å². The Morgan fingerprint density at radius 3 is 3.06 bits per heavy atom. The molecule has 1 aliphatic rings. The maximum Gasteiger partial charge on any atom is 0.160 e. The largest absolute Gasteiger partial charge is 0.494 e. The Balaban J connectivity index is 2.14. The molecule has 0 spiro atoms. The molecule has 0 saturated carbocycles. The second kappa shape index (κ2) is 4.15. The Hall–Kier alpha value is -2.34. The zero-order valence-corrected chi connectivity index (χ0v) is 9.71. The molecule has 6 heteroatoms. The van der Waals surface area contributed by atoms with Crippen LogP contribution >= 0.6 is 0 Å². The zero-order chi connectivity index (χ0) is 12.5. The second-order valence-corrected chi connectivity index (χ2v) is 3.86. The molecule has 0 radical (unpaired) electrons. The number of H-pyrrole nitrogens is 1. The minimum absolute atomic E-state index is 0.662. The first kappa shape index (κ1) is 10.8. The van der Waals surface area contributed by atoms with Gasteiger partial charge in [0, 0.05) is 17.8 Å². The Bertz CT molecular complexity index is 645. The van der Waals surface area contributed by atoms with E-state index in [1.807, 2.05) is 12.3 Å². The van der Waals surface area contributed by atoms with E-state index in [4.69, 9.17) is 4.74 Å². The first-order valence-electron chi connectivity index (χ1n) is 5.48. The lowest BCUT2D eigenvalue weighted by Crippen LogP contribution is -2.27. The summed E-state index contributed by atoms with van der Waals surface area (Å²) in [5.74, 6) is 0.711. The number of methoxy groups -OCH3 is 1. The summed E-state index contributed by atoms with van der Waals surface area (Å²) in [7, 11) is 1.61. The van der Waals surface area contributed by atoms with Gasteiger partial charge < -0.3 is 20.1 Å². The van der Waals surface area contributed by atoms with Gasteiger partial charge in [0.15, 0.2) is 6.23 Å². The molecule has 0 bridgehead atoms. The minimum Gasteiger partial charge on any atom is -0.494 e. The van der Waals surface area contributed by atoms with E-state index >= 15 is 0 Å². The molecular weight excluding hydrogens is 232 g/mol. The summed E-state index contributed by atoms with van der Waals surface area (Å²) in [5, 5.41) is 13.0. The summed E-state index contributed by atoms with van der Waals surface area (Å²) in [6.45, 7) is 0. The Morgan fingerprint density at radius 2 is 2.33 bits per heavy atom. The first-order valence-corrected chi connectivity index (χ1v) is 5.48. The minimum atomic E-state index is -0.744. The standard InChI is InChI=1S/C12H12N4O2/c1-18-9-5-16-12(11-7(9)2-3-13-11)8-4-15-10(17)6-14-8/h2-6,10,13,15,17H,1H3. The van der Waals surface area contributed by atoms with E-state index in [1.54, 1.807) is 19.5 Å². The summed E-state index contributed by atoms with van der Waals surface area (Å²) >= 11 is 0. The molecule has 0 aromatic carbocycles. The van der Waals surface area contributed by atoms with Crippen LogP contribution in [0.15, 0.2) is 29.7 Å². The molecular formula is C12H12N4O2. The lowest BCUT2D eigenvalue weighted by molar-refractivity contribution is 0.224. The number of aliphatic hydroxyl groups is 1. The number of aromatic amines is 1. The fourth-order valence-electron chi connectivity index (χ4n) is 1.91. The van der Waals surface area contributed by atoms with Crippen molar-refractivity contribution in [1.82, 2.24) is 15.3 Å². The predicted molar refractivity (Wildman–Crippen MR) is 68.3 cm³/mol. The highest BCUT2D eigenvalue weighted by atomic mass is 16.5. The predicted octanol–water partition coefficient (Wildman–Crippen LogP) is 0.862. The summed E-state index contributed by atoms with van der Waals surface area (Å²) in [6, 6.07) is 1.93. The fraction of sp³-hybridized carbons (Fsp3) is 0.167. The van der Waals surface area contributed by atoms with Crippen molar-refractivity contribution in [3.05, 3.63) is 30.4 Å². The van der Waals surface area contributed by atoms with E-state index in [-0.39, 0.29) is 0 Å². The number of fused-ring (bicyclic) bond motifs is 1. The Labute approximate surface area is 103 Å². The third kappa shape index (κ3) is 1.63. The molecule has 1 aliphatic heterocycles. The number of pyridine rings is 1. The van der Waals surface area contributed by atoms with Crippen molar-refractivity contribution in [3.8, 4) is 5.75 Å². The number of aliphatic hydroxyl groups excluding tert-OH is 1. The van der Waals surface area contributed by atoms with E-state index in [0.29, 0.717) is 17.1 Å². The van der Waals surface area contributed by atoms with Crippen LogP contribution in [0.3, 0.4) is 0 Å². The highest BCUT2D eigenvalue weighted by Crippen LogP contribution is 2.29. The van der Waals surface area contributed by atoms with Gasteiger partial charge in [0.25, 0.3) is 0 Å². The van der Waals surface area contributed by atoms with Gasteiger partial charge in [-0.2, -0.15) is 0 Å². The lowest BCUT2D eigenvalue weighted by Gasteiger charge is -2.13. The summed E-state index contributed by atoms with van der Waals surface area (Å²) < 4.78 is 5.25. The van der Waals surface area contributed by atoms with Crippen molar-refractivity contribution >= 4 is 22.8 Å².